The molecule has 0 spiro atoms. The summed E-state index contributed by atoms with van der Waals surface area (Å²) in [6.45, 7) is 2.29. The highest BCUT2D eigenvalue weighted by Gasteiger charge is 2.30. The van der Waals surface area contributed by atoms with E-state index in [0.29, 0.717) is 11.1 Å². The van der Waals surface area contributed by atoms with E-state index in [1.807, 2.05) is 0 Å². The van der Waals surface area contributed by atoms with Crippen LogP contribution in [0.25, 0.3) is 11.5 Å². The van der Waals surface area contributed by atoms with Crippen molar-refractivity contribution in [3.8, 4) is 17.5 Å². The molecule has 12 heteroatoms. The molecule has 1 aromatic heterocycles. The van der Waals surface area contributed by atoms with Crippen LogP contribution in [0.15, 0.2) is 52.9 Å². The number of benzene rings is 2. The minimum Gasteiger partial charge on any atom is -0.481 e. The number of carboxylic acid groups (broad SMARTS) is 1. The molecule has 37 heavy (non-hydrogen) atoms. The van der Waals surface area contributed by atoms with Crippen molar-refractivity contribution in [2.24, 2.45) is 0 Å². The fourth-order valence-electron chi connectivity index (χ4n) is 3.34. The number of halogens is 3. The number of hydrogen-bond donors (Lipinski definition) is 3. The zero-order valence-corrected chi connectivity index (χ0v) is 20.0. The van der Waals surface area contributed by atoms with E-state index in [4.69, 9.17) is 14.3 Å². The van der Waals surface area contributed by atoms with Crippen LogP contribution in [-0.4, -0.2) is 46.4 Å². The van der Waals surface area contributed by atoms with E-state index in [2.05, 4.69) is 27.8 Å². The highest BCUT2D eigenvalue weighted by atomic mass is 19.4. The molecule has 0 saturated heterocycles. The van der Waals surface area contributed by atoms with Crippen LogP contribution in [0.1, 0.15) is 48.5 Å². The third-order valence-electron chi connectivity index (χ3n) is 5.32. The summed E-state index contributed by atoms with van der Waals surface area (Å²) in [7, 11) is 0. The van der Waals surface area contributed by atoms with Gasteiger partial charge in [0.15, 0.2) is 0 Å². The number of aromatic nitrogens is 2. The van der Waals surface area contributed by atoms with Crippen LogP contribution in [-0.2, 0) is 11.0 Å². The molecule has 0 aliphatic heterocycles. The molecule has 1 heterocycles. The second-order valence-electron chi connectivity index (χ2n) is 8.22. The number of amides is 1. The Morgan fingerprint density at radius 3 is 2.41 bits per heavy atom. The van der Waals surface area contributed by atoms with Gasteiger partial charge in [-0.2, -0.15) is 13.2 Å². The Hall–Kier alpha value is -4.09. The van der Waals surface area contributed by atoms with Crippen LogP contribution < -0.4 is 15.4 Å². The maximum absolute atomic E-state index is 12.8. The highest BCUT2D eigenvalue weighted by Crippen LogP contribution is 2.31. The third kappa shape index (κ3) is 8.51. The summed E-state index contributed by atoms with van der Waals surface area (Å²) in [6.07, 6.45) is -2.04. The van der Waals surface area contributed by atoms with Crippen LogP contribution in [0.2, 0.25) is 0 Å². The number of hydrogen-bond acceptors (Lipinski definition) is 7. The predicted molar refractivity (Wildman–Crippen MR) is 128 cm³/mol. The van der Waals surface area contributed by atoms with E-state index in [1.54, 1.807) is 24.3 Å². The summed E-state index contributed by atoms with van der Waals surface area (Å²) in [5.41, 5.74) is 0.716. The summed E-state index contributed by atoms with van der Waals surface area (Å²) >= 11 is 0. The molecule has 0 aliphatic rings. The van der Waals surface area contributed by atoms with E-state index < -0.39 is 17.7 Å². The number of alkyl halides is 3. The van der Waals surface area contributed by atoms with E-state index >= 15 is 0 Å². The molecular weight excluding hydrogens is 493 g/mol. The first-order chi connectivity index (χ1) is 17.7. The van der Waals surface area contributed by atoms with Gasteiger partial charge in [-0.3, -0.25) is 9.59 Å². The summed E-state index contributed by atoms with van der Waals surface area (Å²) < 4.78 is 49.4. The van der Waals surface area contributed by atoms with Crippen molar-refractivity contribution in [1.29, 1.82) is 0 Å². The van der Waals surface area contributed by atoms with E-state index in [9.17, 15) is 22.8 Å². The SMILES string of the molecule is CCCCC(COc1nnc(-c2ccc(C(F)(F)F)cc2)o1)Nc1ccc(C(=O)NCCC(=O)O)cc1. The molecule has 3 rings (SSSR count). The molecule has 0 radical (unpaired) electrons. The summed E-state index contributed by atoms with van der Waals surface area (Å²) in [5.74, 6) is -1.31. The summed E-state index contributed by atoms with van der Waals surface area (Å²) in [4.78, 5) is 22.7. The van der Waals surface area contributed by atoms with Gasteiger partial charge in [-0.15, -0.1) is 5.10 Å². The van der Waals surface area contributed by atoms with Crippen molar-refractivity contribution >= 4 is 17.6 Å². The maximum Gasteiger partial charge on any atom is 0.416 e. The second-order valence-corrected chi connectivity index (χ2v) is 8.22. The molecule has 1 unspecified atom stereocenters. The van der Waals surface area contributed by atoms with Gasteiger partial charge < -0.3 is 24.9 Å². The molecule has 1 amide bonds. The number of carboxylic acids is 1. The van der Waals surface area contributed by atoms with Gasteiger partial charge in [0, 0.05) is 23.4 Å². The largest absolute Gasteiger partial charge is 0.481 e. The number of rotatable bonds is 13. The quantitative estimate of drug-likeness (QED) is 0.287. The number of carbonyl (C=O) groups is 2. The van der Waals surface area contributed by atoms with Crippen LogP contribution in [0.4, 0.5) is 18.9 Å². The van der Waals surface area contributed by atoms with Gasteiger partial charge in [0.2, 0.25) is 0 Å². The van der Waals surface area contributed by atoms with E-state index in [-0.39, 0.29) is 43.5 Å². The first-order valence-corrected chi connectivity index (χ1v) is 11.7. The fraction of sp³-hybridized carbons (Fsp3) is 0.360. The lowest BCUT2D eigenvalue weighted by atomic mass is 10.1. The molecule has 0 aliphatic carbocycles. The summed E-state index contributed by atoms with van der Waals surface area (Å²) in [5, 5.41) is 22.2. The zero-order chi connectivity index (χ0) is 26.8. The highest BCUT2D eigenvalue weighted by molar-refractivity contribution is 5.94. The third-order valence-corrected chi connectivity index (χ3v) is 5.32. The average Bonchev–Trinajstić information content (AvgIpc) is 3.34. The fourth-order valence-corrected chi connectivity index (χ4v) is 3.34. The topological polar surface area (TPSA) is 127 Å². The predicted octanol–water partition coefficient (Wildman–Crippen LogP) is 5.01. The lowest BCUT2D eigenvalue weighted by Crippen LogP contribution is -2.27. The van der Waals surface area contributed by atoms with Gasteiger partial charge in [0.1, 0.15) is 6.61 Å². The first kappa shape index (κ1) is 27.5. The van der Waals surface area contributed by atoms with Gasteiger partial charge in [0.05, 0.1) is 18.0 Å². The Balaban J connectivity index is 1.57. The van der Waals surface area contributed by atoms with Crippen LogP contribution in [0.5, 0.6) is 6.08 Å². The van der Waals surface area contributed by atoms with Gasteiger partial charge in [0.25, 0.3) is 11.8 Å². The minimum absolute atomic E-state index is 0.0408. The van der Waals surface area contributed by atoms with E-state index in [1.165, 1.54) is 12.1 Å². The molecule has 0 fully saturated rings. The maximum atomic E-state index is 12.8. The van der Waals surface area contributed by atoms with Gasteiger partial charge in [-0.25, -0.2) is 0 Å². The Morgan fingerprint density at radius 2 is 1.78 bits per heavy atom. The van der Waals surface area contributed by atoms with Crippen molar-refractivity contribution in [3.05, 3.63) is 59.7 Å². The van der Waals surface area contributed by atoms with Crippen LogP contribution >= 0.6 is 0 Å². The Labute approximate surface area is 211 Å². The zero-order valence-electron chi connectivity index (χ0n) is 20.0. The normalized spacial score (nSPS) is 12.1. The number of ether oxygens (including phenoxy) is 1. The number of anilines is 1. The van der Waals surface area contributed by atoms with Crippen molar-refractivity contribution in [3.63, 3.8) is 0 Å². The Bertz CT molecular complexity index is 1160. The smallest absolute Gasteiger partial charge is 0.416 e. The monoisotopic (exact) mass is 520 g/mol. The van der Waals surface area contributed by atoms with Gasteiger partial charge in [-0.1, -0.05) is 24.9 Å². The number of carbonyl (C=O) groups excluding carboxylic acids is 1. The van der Waals surface area contributed by atoms with Crippen LogP contribution in [0.3, 0.4) is 0 Å². The van der Waals surface area contributed by atoms with Crippen molar-refractivity contribution in [1.82, 2.24) is 15.5 Å². The second kappa shape index (κ2) is 12.7. The van der Waals surface area contributed by atoms with Crippen LogP contribution in [0, 0.1) is 0 Å². The lowest BCUT2D eigenvalue weighted by molar-refractivity contribution is -0.138. The molecule has 3 aromatic rings. The lowest BCUT2D eigenvalue weighted by Gasteiger charge is -2.19. The molecule has 0 bridgehead atoms. The Morgan fingerprint density at radius 1 is 1.08 bits per heavy atom. The van der Waals surface area contributed by atoms with Crippen molar-refractivity contribution < 1.29 is 37.0 Å². The Kier molecular flexibility index (Phi) is 9.47. The van der Waals surface area contributed by atoms with Gasteiger partial charge in [-0.05, 0) is 55.0 Å². The molecule has 3 N–H and O–H groups in total. The molecule has 1 atom stereocenters. The van der Waals surface area contributed by atoms with Crippen molar-refractivity contribution in [2.75, 3.05) is 18.5 Å². The standard InChI is InChI=1S/C25H27F3N4O5/c1-2-3-4-20(30-19-11-7-16(8-12-19)22(35)29-14-13-21(33)34)15-36-24-32-31-23(37-24)17-5-9-18(10-6-17)25(26,27)28/h5-12,20,30H,2-4,13-15H2,1H3,(H,29,35)(H,33,34). The summed E-state index contributed by atoms with van der Waals surface area (Å²) in [6, 6.07) is 11.0. The number of unbranched alkanes of at least 4 members (excludes halogenated alkanes) is 1. The van der Waals surface area contributed by atoms with E-state index in [0.717, 1.165) is 37.1 Å². The van der Waals surface area contributed by atoms with Gasteiger partial charge >= 0.3 is 18.2 Å². The minimum atomic E-state index is -4.43. The number of nitrogens with zero attached hydrogens (tertiary/aromatic N) is 2. The molecule has 198 valence electrons. The van der Waals surface area contributed by atoms with Crippen molar-refractivity contribution in [2.45, 2.75) is 44.8 Å². The first-order valence-electron chi connectivity index (χ1n) is 11.7. The number of nitrogens with one attached hydrogen (secondary N) is 2. The number of aliphatic carboxylic acids is 1. The molecule has 9 nitrogen and oxygen atoms in total. The average molecular weight is 521 g/mol. The molecule has 0 saturated carbocycles. The molecule has 2 aromatic carbocycles. The molecular formula is C25H27F3N4O5.